The molecule has 1 amide bonds. The Labute approximate surface area is 120 Å². The second kappa shape index (κ2) is 5.54. The molecule has 0 aliphatic carbocycles. The normalized spacial score (nSPS) is 10.1. The molecule has 2 rings (SSSR count). The van der Waals surface area contributed by atoms with Crippen LogP contribution in [0, 0.1) is 20.2 Å². The molecular formula is C11H7N3O6S. The number of non-ortho nitro benzene ring substituents is 1. The second-order valence-corrected chi connectivity index (χ2v) is 4.87. The van der Waals surface area contributed by atoms with Crippen LogP contribution in [-0.4, -0.2) is 20.9 Å². The minimum absolute atomic E-state index is 0.0262. The van der Waals surface area contributed by atoms with Crippen molar-refractivity contribution in [1.29, 1.82) is 0 Å². The van der Waals surface area contributed by atoms with Crippen molar-refractivity contribution < 1.29 is 19.7 Å². The van der Waals surface area contributed by atoms with Crippen molar-refractivity contribution in [3.8, 4) is 5.75 Å². The van der Waals surface area contributed by atoms with Crippen molar-refractivity contribution in [2.75, 3.05) is 5.32 Å². The van der Waals surface area contributed by atoms with E-state index in [0.29, 0.717) is 11.3 Å². The van der Waals surface area contributed by atoms with E-state index in [2.05, 4.69) is 5.32 Å². The highest BCUT2D eigenvalue weighted by Crippen LogP contribution is 2.30. The average molecular weight is 309 g/mol. The summed E-state index contributed by atoms with van der Waals surface area (Å²) in [5, 5.41) is 32.8. The van der Waals surface area contributed by atoms with Gasteiger partial charge < -0.3 is 10.4 Å². The number of aromatic hydroxyl groups is 1. The minimum Gasteiger partial charge on any atom is -0.506 e. The molecule has 0 saturated heterocycles. The predicted octanol–water partition coefficient (Wildman–Crippen LogP) is 2.52. The van der Waals surface area contributed by atoms with Crippen LogP contribution in [0.15, 0.2) is 30.3 Å². The van der Waals surface area contributed by atoms with Crippen molar-refractivity contribution in [1.82, 2.24) is 0 Å². The number of anilines is 1. The molecule has 0 radical (unpaired) electrons. The number of nitro groups is 2. The van der Waals surface area contributed by atoms with Gasteiger partial charge in [-0.3, -0.25) is 25.0 Å². The number of phenols is 1. The van der Waals surface area contributed by atoms with Crippen LogP contribution in [0.1, 0.15) is 9.67 Å². The predicted molar refractivity (Wildman–Crippen MR) is 73.7 cm³/mol. The number of hydrogen-bond donors (Lipinski definition) is 2. The molecule has 0 aliphatic heterocycles. The Bertz CT molecular complexity index is 741. The number of benzene rings is 1. The van der Waals surface area contributed by atoms with E-state index in [4.69, 9.17) is 0 Å². The van der Waals surface area contributed by atoms with Crippen molar-refractivity contribution in [3.05, 3.63) is 55.4 Å². The third kappa shape index (κ3) is 3.12. The second-order valence-electron chi connectivity index (χ2n) is 3.81. The van der Waals surface area contributed by atoms with Gasteiger partial charge >= 0.3 is 5.00 Å². The minimum atomic E-state index is -0.687. The first-order valence-electron chi connectivity index (χ1n) is 5.41. The van der Waals surface area contributed by atoms with Gasteiger partial charge in [-0.25, -0.2) is 0 Å². The first-order valence-corrected chi connectivity index (χ1v) is 6.23. The Balaban J connectivity index is 2.19. The van der Waals surface area contributed by atoms with Crippen LogP contribution in [0.5, 0.6) is 5.75 Å². The van der Waals surface area contributed by atoms with Gasteiger partial charge in [-0.1, -0.05) is 11.3 Å². The van der Waals surface area contributed by atoms with E-state index in [9.17, 15) is 30.1 Å². The van der Waals surface area contributed by atoms with E-state index < -0.39 is 21.5 Å². The monoisotopic (exact) mass is 309 g/mol. The Morgan fingerprint density at radius 1 is 1.14 bits per heavy atom. The molecule has 9 nitrogen and oxygen atoms in total. The quantitative estimate of drug-likeness (QED) is 0.506. The number of carbonyl (C=O) groups is 1. The van der Waals surface area contributed by atoms with Gasteiger partial charge in [0.25, 0.3) is 11.6 Å². The first-order chi connectivity index (χ1) is 9.88. The van der Waals surface area contributed by atoms with Crippen molar-refractivity contribution >= 4 is 33.6 Å². The fourth-order valence-corrected chi connectivity index (χ4v) is 2.19. The van der Waals surface area contributed by atoms with Gasteiger partial charge in [-0.15, -0.1) is 0 Å². The average Bonchev–Trinajstić information content (AvgIpc) is 2.90. The molecule has 2 N–H and O–H groups in total. The maximum absolute atomic E-state index is 11.9. The first kappa shape index (κ1) is 14.4. The molecule has 21 heavy (non-hydrogen) atoms. The summed E-state index contributed by atoms with van der Waals surface area (Å²) in [6.45, 7) is 0. The number of nitrogens with zero attached hydrogens (tertiary/aromatic N) is 2. The van der Waals surface area contributed by atoms with Crippen LogP contribution in [0.4, 0.5) is 16.4 Å². The largest absolute Gasteiger partial charge is 0.506 e. The highest BCUT2D eigenvalue weighted by Gasteiger charge is 2.17. The van der Waals surface area contributed by atoms with Crippen molar-refractivity contribution in [2.24, 2.45) is 0 Å². The Hall–Kier alpha value is -3.01. The SMILES string of the molecule is O=C(Nc1ccc([N+](=O)[O-])cc1O)c1ccc([N+](=O)[O-])s1. The fourth-order valence-electron chi connectivity index (χ4n) is 1.47. The number of rotatable bonds is 4. The number of thiophene rings is 1. The third-order valence-electron chi connectivity index (χ3n) is 2.44. The molecule has 1 aromatic carbocycles. The molecule has 10 heteroatoms. The van der Waals surface area contributed by atoms with Gasteiger partial charge in [0.1, 0.15) is 5.75 Å². The zero-order chi connectivity index (χ0) is 15.6. The summed E-state index contributed by atoms with van der Waals surface area (Å²) in [6.07, 6.45) is 0. The number of phenolic OH excluding ortho intramolecular Hbond substituents is 1. The van der Waals surface area contributed by atoms with Gasteiger partial charge in [0.2, 0.25) is 0 Å². The van der Waals surface area contributed by atoms with Crippen LogP contribution < -0.4 is 5.32 Å². The molecule has 1 aromatic heterocycles. The molecular weight excluding hydrogens is 302 g/mol. The van der Waals surface area contributed by atoms with Crippen LogP contribution in [0.25, 0.3) is 0 Å². The van der Waals surface area contributed by atoms with Gasteiger partial charge in [0.15, 0.2) is 0 Å². The molecule has 0 bridgehead atoms. The lowest BCUT2D eigenvalue weighted by molar-refractivity contribution is -0.384. The van der Waals surface area contributed by atoms with Crippen molar-refractivity contribution in [2.45, 2.75) is 0 Å². The van der Waals surface area contributed by atoms with E-state index in [-0.39, 0.29) is 21.3 Å². The molecule has 108 valence electrons. The van der Waals surface area contributed by atoms with Gasteiger partial charge in [-0.2, -0.15) is 0 Å². The van der Waals surface area contributed by atoms with Gasteiger partial charge in [-0.05, 0) is 12.1 Å². The molecule has 2 aromatic rings. The number of nitrogens with one attached hydrogen (secondary N) is 1. The van der Waals surface area contributed by atoms with Crippen LogP contribution in [-0.2, 0) is 0 Å². The smallest absolute Gasteiger partial charge is 0.324 e. The highest BCUT2D eigenvalue weighted by atomic mass is 32.1. The fraction of sp³-hybridized carbons (Fsp3) is 0. The summed E-state index contributed by atoms with van der Waals surface area (Å²) in [7, 11) is 0. The maximum Gasteiger partial charge on any atom is 0.324 e. The summed E-state index contributed by atoms with van der Waals surface area (Å²) >= 11 is 0.681. The lowest BCUT2D eigenvalue weighted by Crippen LogP contribution is -2.10. The van der Waals surface area contributed by atoms with Gasteiger partial charge in [0, 0.05) is 12.1 Å². The summed E-state index contributed by atoms with van der Waals surface area (Å²) in [5.41, 5.74) is -0.348. The Morgan fingerprint density at radius 2 is 1.86 bits per heavy atom. The molecule has 1 heterocycles. The molecule has 0 aliphatic rings. The van der Waals surface area contributed by atoms with E-state index in [1.54, 1.807) is 0 Å². The number of hydrogen-bond acceptors (Lipinski definition) is 7. The summed E-state index contributed by atoms with van der Waals surface area (Å²) < 4.78 is 0. The van der Waals surface area contributed by atoms with E-state index in [1.165, 1.54) is 18.2 Å². The van der Waals surface area contributed by atoms with E-state index in [0.717, 1.165) is 12.1 Å². The standard InChI is InChI=1S/C11H7N3O6S/c15-8-5-6(13(17)18)1-2-7(8)12-11(16)9-3-4-10(21-9)14(19)20/h1-5,15H,(H,12,16). The van der Waals surface area contributed by atoms with Crippen molar-refractivity contribution in [3.63, 3.8) is 0 Å². The molecule has 0 atom stereocenters. The van der Waals surface area contributed by atoms with Crippen LogP contribution in [0.2, 0.25) is 0 Å². The number of nitro benzene ring substituents is 1. The topological polar surface area (TPSA) is 136 Å². The maximum atomic E-state index is 11.9. The highest BCUT2D eigenvalue weighted by molar-refractivity contribution is 7.17. The van der Waals surface area contributed by atoms with E-state index >= 15 is 0 Å². The lowest BCUT2D eigenvalue weighted by Gasteiger charge is -2.05. The Morgan fingerprint density at radius 3 is 2.38 bits per heavy atom. The third-order valence-corrected chi connectivity index (χ3v) is 3.47. The molecule has 0 spiro atoms. The zero-order valence-electron chi connectivity index (χ0n) is 10.2. The Kier molecular flexibility index (Phi) is 3.80. The lowest BCUT2D eigenvalue weighted by atomic mass is 10.2. The molecule has 0 saturated carbocycles. The van der Waals surface area contributed by atoms with Crippen LogP contribution in [0.3, 0.4) is 0 Å². The summed E-state index contributed by atoms with van der Waals surface area (Å²) in [4.78, 5) is 31.7. The molecule has 0 unspecified atom stereocenters. The number of amides is 1. The molecule has 0 fully saturated rings. The summed E-state index contributed by atoms with van der Waals surface area (Å²) in [6, 6.07) is 5.65. The zero-order valence-corrected chi connectivity index (χ0v) is 11.0. The van der Waals surface area contributed by atoms with E-state index in [1.807, 2.05) is 0 Å². The summed E-state index contributed by atoms with van der Waals surface area (Å²) in [5.74, 6) is -1.12. The van der Waals surface area contributed by atoms with Crippen LogP contribution >= 0.6 is 11.3 Å². The number of carbonyl (C=O) groups excluding carboxylic acids is 1. The van der Waals surface area contributed by atoms with Gasteiger partial charge in [0.05, 0.1) is 26.5 Å².